The molecule has 0 fully saturated rings. The number of phosphoric acid groups is 1. The van der Waals surface area contributed by atoms with E-state index in [1.807, 2.05) is 0 Å². The van der Waals surface area contributed by atoms with Crippen molar-refractivity contribution in [1.82, 2.24) is 16.0 Å². The minimum Gasteiger partial charge on any atom is -0.453 e. The summed E-state index contributed by atoms with van der Waals surface area (Å²) in [6.07, 6.45) is 2.41. The predicted molar refractivity (Wildman–Crippen MR) is 108 cm³/mol. The third-order valence-electron chi connectivity index (χ3n) is 3.99. The van der Waals surface area contributed by atoms with Crippen molar-refractivity contribution in [2.45, 2.75) is 44.6 Å². The molecule has 13 heteroatoms. The summed E-state index contributed by atoms with van der Waals surface area (Å²) in [7, 11) is 1.53. The lowest BCUT2D eigenvalue weighted by molar-refractivity contribution is -0.123. The smallest absolute Gasteiger partial charge is 0.453 e. The zero-order valence-electron chi connectivity index (χ0n) is 18.1. The second-order valence-corrected chi connectivity index (χ2v) is 7.98. The molecule has 0 saturated heterocycles. The number of rotatable bonds is 16. The summed E-state index contributed by atoms with van der Waals surface area (Å²) in [5.74, 6) is -0.319. The Kier molecular flexibility index (Phi) is 15.8. The third kappa shape index (κ3) is 13.4. The van der Waals surface area contributed by atoms with Crippen LogP contribution in [0.5, 0.6) is 0 Å². The second kappa shape index (κ2) is 16.9. The first-order valence-corrected chi connectivity index (χ1v) is 11.1. The molecule has 0 bridgehead atoms. The van der Waals surface area contributed by atoms with E-state index in [9.17, 15) is 18.9 Å². The Morgan fingerprint density at radius 1 is 0.800 bits per heavy atom. The van der Waals surface area contributed by atoms with Crippen LogP contribution in [0, 0.1) is 0 Å². The maximum absolute atomic E-state index is 12.3. The van der Waals surface area contributed by atoms with Crippen molar-refractivity contribution in [3.05, 3.63) is 0 Å². The molecule has 3 amide bonds. The number of carbonyl (C=O) groups excluding carboxylic acids is 3. The molecule has 12 nitrogen and oxygen atoms in total. The largest absolute Gasteiger partial charge is 0.474 e. The minimum atomic E-state index is -3.46. The number of alkyl carbamates (subject to hydrolysis) is 2. The minimum absolute atomic E-state index is 0.207. The Bertz CT molecular complexity index is 555. The predicted octanol–water partition coefficient (Wildman–Crippen LogP) is 1.94. The molecule has 0 aliphatic rings. The fraction of sp³-hybridized carbons (Fsp3) is 0.824. The van der Waals surface area contributed by atoms with Crippen molar-refractivity contribution < 1.29 is 42.0 Å². The number of methoxy groups -OCH3 is 2. The summed E-state index contributed by atoms with van der Waals surface area (Å²) in [5.41, 5.74) is 0. The SMILES string of the molecule is COC(=O)NCCCCC(NC(=O)OC)C(=O)NCCCCCOP(=O)(OC)OC. The second-order valence-electron chi connectivity index (χ2n) is 6.10. The fourth-order valence-electron chi connectivity index (χ4n) is 2.30. The average molecular weight is 455 g/mol. The normalized spacial score (nSPS) is 12.0. The van der Waals surface area contributed by atoms with Crippen molar-refractivity contribution in [3.8, 4) is 0 Å². The van der Waals surface area contributed by atoms with Crippen molar-refractivity contribution in [3.63, 3.8) is 0 Å². The van der Waals surface area contributed by atoms with Gasteiger partial charge in [0.15, 0.2) is 0 Å². The van der Waals surface area contributed by atoms with Gasteiger partial charge in [-0.15, -0.1) is 0 Å². The number of nitrogens with one attached hydrogen (secondary N) is 3. The van der Waals surface area contributed by atoms with Crippen molar-refractivity contribution in [2.24, 2.45) is 0 Å². The van der Waals surface area contributed by atoms with Crippen LogP contribution in [0.1, 0.15) is 38.5 Å². The molecule has 0 radical (unpaired) electrons. The lowest BCUT2D eigenvalue weighted by Crippen LogP contribution is -2.47. The highest BCUT2D eigenvalue weighted by molar-refractivity contribution is 7.48. The van der Waals surface area contributed by atoms with Crippen LogP contribution in [0.15, 0.2) is 0 Å². The first-order valence-electron chi connectivity index (χ1n) is 9.62. The van der Waals surface area contributed by atoms with Crippen molar-refractivity contribution >= 4 is 25.9 Å². The Morgan fingerprint density at radius 2 is 1.40 bits per heavy atom. The molecule has 0 aliphatic heterocycles. The van der Waals surface area contributed by atoms with Gasteiger partial charge in [0.1, 0.15) is 6.04 Å². The van der Waals surface area contributed by atoms with Crippen LogP contribution in [0.25, 0.3) is 0 Å². The number of hydrogen-bond acceptors (Lipinski definition) is 9. The molecule has 1 atom stereocenters. The third-order valence-corrected chi connectivity index (χ3v) is 5.38. The van der Waals surface area contributed by atoms with Crippen LogP contribution in [0.4, 0.5) is 9.59 Å². The van der Waals surface area contributed by atoms with E-state index in [4.69, 9.17) is 4.52 Å². The molecule has 30 heavy (non-hydrogen) atoms. The summed E-state index contributed by atoms with van der Waals surface area (Å²) in [5, 5.41) is 7.82. The average Bonchev–Trinajstić information content (AvgIpc) is 2.76. The van der Waals surface area contributed by atoms with Gasteiger partial charge in [-0.25, -0.2) is 14.2 Å². The lowest BCUT2D eigenvalue weighted by atomic mass is 10.1. The Hall–Kier alpha value is -1.88. The van der Waals surface area contributed by atoms with Gasteiger partial charge < -0.3 is 25.4 Å². The van der Waals surface area contributed by atoms with Crippen LogP contribution in [0.3, 0.4) is 0 Å². The van der Waals surface area contributed by atoms with Crippen LogP contribution in [-0.4, -0.2) is 72.3 Å². The zero-order valence-corrected chi connectivity index (χ0v) is 19.0. The van der Waals surface area contributed by atoms with Crippen LogP contribution < -0.4 is 16.0 Å². The molecule has 0 saturated carbocycles. The molecule has 0 rings (SSSR count). The van der Waals surface area contributed by atoms with Crippen molar-refractivity contribution in [1.29, 1.82) is 0 Å². The molecule has 0 heterocycles. The lowest BCUT2D eigenvalue weighted by Gasteiger charge is -2.18. The van der Waals surface area contributed by atoms with Gasteiger partial charge in [-0.3, -0.25) is 18.4 Å². The van der Waals surface area contributed by atoms with Gasteiger partial charge in [-0.05, 0) is 38.5 Å². The van der Waals surface area contributed by atoms with Gasteiger partial charge in [0, 0.05) is 27.3 Å². The molecule has 176 valence electrons. The van der Waals surface area contributed by atoms with E-state index in [0.717, 1.165) is 6.42 Å². The van der Waals surface area contributed by atoms with E-state index in [-0.39, 0.29) is 12.5 Å². The number of carbonyl (C=O) groups is 3. The summed E-state index contributed by atoms with van der Waals surface area (Å²) in [6, 6.07) is -0.742. The van der Waals surface area contributed by atoms with E-state index in [2.05, 4.69) is 34.5 Å². The molecule has 0 aromatic heterocycles. The Balaban J connectivity index is 4.15. The van der Waals surface area contributed by atoms with E-state index >= 15 is 0 Å². The summed E-state index contributed by atoms with van der Waals surface area (Å²) in [6.45, 7) is 1.02. The zero-order chi connectivity index (χ0) is 22.8. The number of unbranched alkanes of at least 4 members (excludes halogenated alkanes) is 3. The van der Waals surface area contributed by atoms with Gasteiger partial charge in [0.05, 0.1) is 20.8 Å². The molecule has 3 N–H and O–H groups in total. The summed E-state index contributed by atoms with van der Waals surface area (Å²) >= 11 is 0. The first-order chi connectivity index (χ1) is 14.3. The monoisotopic (exact) mass is 455 g/mol. The van der Waals surface area contributed by atoms with E-state index < -0.39 is 26.1 Å². The molecule has 0 aromatic rings. The maximum Gasteiger partial charge on any atom is 0.474 e. The number of hydrogen-bond donors (Lipinski definition) is 3. The summed E-state index contributed by atoms with van der Waals surface area (Å²) in [4.78, 5) is 34.8. The van der Waals surface area contributed by atoms with Gasteiger partial charge >= 0.3 is 20.0 Å². The van der Waals surface area contributed by atoms with Gasteiger partial charge in [-0.2, -0.15) is 0 Å². The van der Waals surface area contributed by atoms with Gasteiger partial charge in [0.2, 0.25) is 5.91 Å². The van der Waals surface area contributed by atoms with Crippen LogP contribution >= 0.6 is 7.82 Å². The van der Waals surface area contributed by atoms with E-state index in [1.54, 1.807) is 0 Å². The molecular weight excluding hydrogens is 421 g/mol. The highest BCUT2D eigenvalue weighted by atomic mass is 31.2. The number of phosphoric ester groups is 1. The molecule has 0 spiro atoms. The van der Waals surface area contributed by atoms with Crippen molar-refractivity contribution in [2.75, 3.05) is 48.1 Å². The standard InChI is InChI=1S/C17H34N3O9P/c1-25-16(22)19-12-8-6-10-14(20-17(23)26-2)15(21)18-11-7-5-9-13-29-30(24,27-3)28-4/h14H,5-13H2,1-4H3,(H,18,21)(H,19,22)(H,20,23). The van der Waals surface area contributed by atoms with Crippen LogP contribution in [0.2, 0.25) is 0 Å². The summed E-state index contributed by atoms with van der Waals surface area (Å²) < 4.78 is 35.1. The molecular formula is C17H34N3O9P. The highest BCUT2D eigenvalue weighted by Gasteiger charge is 2.22. The Morgan fingerprint density at radius 3 is 2.00 bits per heavy atom. The maximum atomic E-state index is 12.3. The fourth-order valence-corrected chi connectivity index (χ4v) is 3.01. The van der Waals surface area contributed by atoms with E-state index in [1.165, 1.54) is 28.4 Å². The topological polar surface area (TPSA) is 151 Å². The highest BCUT2D eigenvalue weighted by Crippen LogP contribution is 2.47. The number of amides is 3. The molecule has 0 aliphatic carbocycles. The quantitative estimate of drug-likeness (QED) is 0.234. The molecule has 0 aromatic carbocycles. The van der Waals surface area contributed by atoms with E-state index in [0.29, 0.717) is 45.2 Å². The Labute approximate surface area is 177 Å². The van der Waals surface area contributed by atoms with Gasteiger partial charge in [0.25, 0.3) is 0 Å². The number of ether oxygens (including phenoxy) is 2. The van der Waals surface area contributed by atoms with Gasteiger partial charge in [-0.1, -0.05) is 0 Å². The molecule has 1 unspecified atom stereocenters. The van der Waals surface area contributed by atoms with Crippen LogP contribution in [-0.2, 0) is 32.4 Å². The first kappa shape index (κ1) is 28.1.